The van der Waals surface area contributed by atoms with E-state index >= 15 is 0 Å². The van der Waals surface area contributed by atoms with Crippen molar-refractivity contribution in [1.29, 1.82) is 0 Å². The third-order valence-corrected chi connectivity index (χ3v) is 6.36. The molecule has 1 aliphatic rings. The predicted molar refractivity (Wildman–Crippen MR) is 118 cm³/mol. The lowest BCUT2D eigenvalue weighted by atomic mass is 9.82. The highest BCUT2D eigenvalue weighted by Gasteiger charge is 2.34. The minimum Gasteiger partial charge on any atom is -0.481 e. The number of carbonyl (C=O) groups excluding carboxylic acids is 2. The normalized spacial score (nSPS) is 18.3. The van der Waals surface area contributed by atoms with Crippen LogP contribution in [-0.4, -0.2) is 28.1 Å². The van der Waals surface area contributed by atoms with Crippen LogP contribution in [0.25, 0.3) is 0 Å². The zero-order valence-corrected chi connectivity index (χ0v) is 18.6. The Morgan fingerprint density at radius 1 is 0.941 bits per heavy atom. The Labute approximate surface area is 196 Å². The summed E-state index contributed by atoms with van der Waals surface area (Å²) in [6, 6.07) is 6.33. The molecule has 2 aromatic carbocycles. The van der Waals surface area contributed by atoms with Crippen molar-refractivity contribution < 1.29 is 37.1 Å². The minimum absolute atomic E-state index is 0.0472. The molecule has 0 saturated carbocycles. The number of thioether (sulfide) groups is 1. The highest BCUT2D eigenvalue weighted by molar-refractivity contribution is 8.00. The Bertz CT molecular complexity index is 1110. The molecule has 3 rings (SSSR count). The second-order valence-electron chi connectivity index (χ2n) is 7.60. The Kier molecular flexibility index (Phi) is 7.98. The largest absolute Gasteiger partial charge is 0.481 e. The first-order valence-corrected chi connectivity index (χ1v) is 11.1. The van der Waals surface area contributed by atoms with Gasteiger partial charge in [0.15, 0.2) is 23.3 Å². The zero-order chi connectivity index (χ0) is 25.0. The average Bonchev–Trinajstić information content (AvgIpc) is 2.81. The third kappa shape index (κ3) is 5.77. The number of hydrogen-bond acceptors (Lipinski definition) is 4. The standard InChI is InChI=1S/C23H20F4N2O4S/c1-11(21(30)29-20-18(26)16(24)10-17(25)19(20)27)34-13-8-6-12(7-9-13)28-22(31)14-4-2-3-5-15(14)23(32)33/h2-3,6-11,14-15H,4-5H2,1H3,(H,28,31)(H,29,30)(H,32,33). The maximum Gasteiger partial charge on any atom is 0.307 e. The van der Waals surface area contributed by atoms with Crippen molar-refractivity contribution in [3.8, 4) is 0 Å². The molecule has 3 N–H and O–H groups in total. The molecule has 0 aliphatic heterocycles. The number of anilines is 2. The van der Waals surface area contributed by atoms with Crippen LogP contribution in [0.2, 0.25) is 0 Å². The molecule has 2 aromatic rings. The second-order valence-corrected chi connectivity index (χ2v) is 9.01. The molecule has 1 aliphatic carbocycles. The van der Waals surface area contributed by atoms with Gasteiger partial charge in [0.25, 0.3) is 0 Å². The summed E-state index contributed by atoms with van der Waals surface area (Å²) in [5, 5.41) is 13.0. The summed E-state index contributed by atoms with van der Waals surface area (Å²) in [5.41, 5.74) is -0.783. The Morgan fingerprint density at radius 2 is 1.50 bits per heavy atom. The Morgan fingerprint density at radius 3 is 2.06 bits per heavy atom. The van der Waals surface area contributed by atoms with Gasteiger partial charge in [-0.1, -0.05) is 12.2 Å². The predicted octanol–water partition coefficient (Wildman–Crippen LogP) is 4.97. The van der Waals surface area contributed by atoms with Crippen molar-refractivity contribution in [3.05, 3.63) is 65.8 Å². The number of rotatable bonds is 7. The van der Waals surface area contributed by atoms with Crippen molar-refractivity contribution in [2.24, 2.45) is 11.8 Å². The van der Waals surface area contributed by atoms with Crippen molar-refractivity contribution in [1.82, 2.24) is 0 Å². The van der Waals surface area contributed by atoms with E-state index in [-0.39, 0.29) is 12.5 Å². The number of carboxylic acids is 1. The molecule has 0 radical (unpaired) electrons. The highest BCUT2D eigenvalue weighted by Crippen LogP contribution is 2.30. The Balaban J connectivity index is 1.61. The minimum atomic E-state index is -1.71. The van der Waals surface area contributed by atoms with Gasteiger partial charge in [0.1, 0.15) is 5.69 Å². The van der Waals surface area contributed by atoms with Crippen molar-refractivity contribution >= 4 is 40.9 Å². The maximum absolute atomic E-state index is 13.8. The van der Waals surface area contributed by atoms with E-state index < -0.39 is 63.8 Å². The molecule has 0 spiro atoms. The smallest absolute Gasteiger partial charge is 0.307 e. The van der Waals surface area contributed by atoms with Gasteiger partial charge in [-0.15, -0.1) is 11.8 Å². The quantitative estimate of drug-likeness (QED) is 0.218. The number of nitrogens with one attached hydrogen (secondary N) is 2. The highest BCUT2D eigenvalue weighted by atomic mass is 32.2. The van der Waals surface area contributed by atoms with Crippen LogP contribution in [0.5, 0.6) is 0 Å². The van der Waals surface area contributed by atoms with E-state index in [4.69, 9.17) is 0 Å². The summed E-state index contributed by atoms with van der Waals surface area (Å²) in [7, 11) is 0. The number of halogens is 4. The van der Waals surface area contributed by atoms with Crippen LogP contribution in [-0.2, 0) is 14.4 Å². The van der Waals surface area contributed by atoms with E-state index in [2.05, 4.69) is 5.32 Å². The van der Waals surface area contributed by atoms with E-state index in [1.807, 2.05) is 5.32 Å². The number of aliphatic carboxylic acids is 1. The number of benzene rings is 2. The van der Waals surface area contributed by atoms with Gasteiger partial charge in [-0.3, -0.25) is 14.4 Å². The maximum atomic E-state index is 13.8. The van der Waals surface area contributed by atoms with Gasteiger partial charge in [0.2, 0.25) is 11.8 Å². The number of hydrogen-bond donors (Lipinski definition) is 3. The van der Waals surface area contributed by atoms with Crippen LogP contribution >= 0.6 is 11.8 Å². The molecule has 2 amide bonds. The van der Waals surface area contributed by atoms with Gasteiger partial charge in [-0.05, 0) is 44.0 Å². The SMILES string of the molecule is CC(Sc1ccc(NC(=O)C2CC=CCC2C(=O)O)cc1)C(=O)Nc1c(F)c(F)cc(F)c1F. The zero-order valence-electron chi connectivity index (χ0n) is 17.8. The summed E-state index contributed by atoms with van der Waals surface area (Å²) in [4.78, 5) is 36.8. The summed E-state index contributed by atoms with van der Waals surface area (Å²) in [6.07, 6.45) is 4.10. The molecule has 0 aromatic heterocycles. The summed E-state index contributed by atoms with van der Waals surface area (Å²) < 4.78 is 54.2. The van der Waals surface area contributed by atoms with Gasteiger partial charge in [0.05, 0.1) is 17.1 Å². The molecule has 3 atom stereocenters. The monoisotopic (exact) mass is 496 g/mol. The van der Waals surface area contributed by atoms with E-state index in [0.29, 0.717) is 17.0 Å². The Hall–Kier alpha value is -3.34. The van der Waals surface area contributed by atoms with Crippen LogP contribution in [0.15, 0.2) is 47.4 Å². The third-order valence-electron chi connectivity index (χ3n) is 5.25. The fourth-order valence-corrected chi connectivity index (χ4v) is 4.26. The average molecular weight is 496 g/mol. The van der Waals surface area contributed by atoms with Crippen molar-refractivity contribution in [2.45, 2.75) is 29.9 Å². The van der Waals surface area contributed by atoms with Gasteiger partial charge >= 0.3 is 5.97 Å². The second kappa shape index (κ2) is 10.7. The van der Waals surface area contributed by atoms with Gasteiger partial charge in [-0.2, -0.15) is 0 Å². The van der Waals surface area contributed by atoms with E-state index in [0.717, 1.165) is 11.8 Å². The molecule has 34 heavy (non-hydrogen) atoms. The lowest BCUT2D eigenvalue weighted by molar-refractivity contribution is -0.146. The molecule has 11 heteroatoms. The molecule has 0 saturated heterocycles. The summed E-state index contributed by atoms with van der Waals surface area (Å²) in [6.45, 7) is 1.43. The van der Waals surface area contributed by atoms with E-state index in [9.17, 15) is 37.1 Å². The number of carbonyl (C=O) groups is 3. The first-order chi connectivity index (χ1) is 16.1. The first-order valence-electron chi connectivity index (χ1n) is 10.2. The molecular weight excluding hydrogens is 476 g/mol. The molecular formula is C23H20F4N2O4S. The van der Waals surface area contributed by atoms with E-state index in [1.165, 1.54) is 6.92 Å². The molecule has 0 heterocycles. The first kappa shape index (κ1) is 25.3. The van der Waals surface area contributed by atoms with Gasteiger partial charge < -0.3 is 15.7 Å². The summed E-state index contributed by atoms with van der Waals surface area (Å²) in [5.74, 6) is -10.5. The number of allylic oxidation sites excluding steroid dienone is 2. The van der Waals surface area contributed by atoms with Gasteiger partial charge in [-0.25, -0.2) is 17.6 Å². The number of amides is 2. The van der Waals surface area contributed by atoms with Gasteiger partial charge in [0, 0.05) is 16.6 Å². The van der Waals surface area contributed by atoms with Crippen molar-refractivity contribution in [3.63, 3.8) is 0 Å². The number of carboxylic acid groups (broad SMARTS) is 1. The van der Waals surface area contributed by atoms with E-state index in [1.54, 1.807) is 36.4 Å². The molecule has 0 bridgehead atoms. The van der Waals surface area contributed by atoms with Crippen LogP contribution in [0, 0.1) is 35.1 Å². The molecule has 180 valence electrons. The van der Waals surface area contributed by atoms with Crippen LogP contribution in [0.3, 0.4) is 0 Å². The lowest BCUT2D eigenvalue weighted by Gasteiger charge is -2.24. The van der Waals surface area contributed by atoms with Crippen LogP contribution in [0.1, 0.15) is 19.8 Å². The molecule has 0 fully saturated rings. The lowest BCUT2D eigenvalue weighted by Crippen LogP contribution is -2.34. The van der Waals surface area contributed by atoms with Crippen LogP contribution < -0.4 is 10.6 Å². The fourth-order valence-electron chi connectivity index (χ4n) is 3.39. The van der Waals surface area contributed by atoms with Crippen LogP contribution in [0.4, 0.5) is 28.9 Å². The molecule has 3 unspecified atom stereocenters. The molecule has 6 nitrogen and oxygen atoms in total. The topological polar surface area (TPSA) is 95.5 Å². The summed E-state index contributed by atoms with van der Waals surface area (Å²) >= 11 is 1.01. The fraction of sp³-hybridized carbons (Fsp3) is 0.261. The van der Waals surface area contributed by atoms with Crippen molar-refractivity contribution in [2.75, 3.05) is 10.6 Å².